The van der Waals surface area contributed by atoms with Gasteiger partial charge in [0.2, 0.25) is 11.4 Å². The lowest BCUT2D eigenvalue weighted by Gasteiger charge is -2.20. The number of allylic oxidation sites excluding steroid dienone is 1. The number of nitrogens with one attached hydrogen (secondary N) is 1. The van der Waals surface area contributed by atoms with E-state index in [0.29, 0.717) is 42.6 Å². The average molecular weight is 648 g/mol. The van der Waals surface area contributed by atoms with Gasteiger partial charge >= 0.3 is 0 Å². The topological polar surface area (TPSA) is 138 Å². The molecule has 0 fully saturated rings. The normalized spacial score (nSPS) is 14.7. The average Bonchev–Trinajstić information content (AvgIpc) is 3.51. The van der Waals surface area contributed by atoms with E-state index in [1.54, 1.807) is 37.5 Å². The summed E-state index contributed by atoms with van der Waals surface area (Å²) in [5.41, 5.74) is 4.83. The van der Waals surface area contributed by atoms with Crippen molar-refractivity contribution in [3.8, 4) is 11.5 Å². The number of fused-ring (bicyclic) bond motifs is 3. The number of ether oxygens (including phenoxy) is 2. The van der Waals surface area contributed by atoms with Crippen LogP contribution in [-0.4, -0.2) is 53.1 Å². The minimum Gasteiger partial charge on any atom is -0.748 e. The molecule has 0 saturated carbocycles. The fourth-order valence-electron chi connectivity index (χ4n) is 5.04. The van der Waals surface area contributed by atoms with Crippen LogP contribution in [0.2, 0.25) is 0 Å². The van der Waals surface area contributed by atoms with E-state index in [0.717, 1.165) is 31.6 Å². The van der Waals surface area contributed by atoms with Gasteiger partial charge in [-0.2, -0.15) is 22.7 Å². The third-order valence-electron chi connectivity index (χ3n) is 7.00. The second kappa shape index (κ2) is 12.8. The van der Waals surface area contributed by atoms with E-state index < -0.39 is 26.0 Å². The molecule has 3 aromatic carbocycles. The van der Waals surface area contributed by atoms with Crippen LogP contribution >= 0.6 is 11.3 Å². The summed E-state index contributed by atoms with van der Waals surface area (Å²) in [5.74, 6) is 0.996. The van der Waals surface area contributed by atoms with Gasteiger partial charge in [-0.25, -0.2) is 8.42 Å². The van der Waals surface area contributed by atoms with Crippen molar-refractivity contribution >= 4 is 63.8 Å². The van der Waals surface area contributed by atoms with E-state index in [9.17, 15) is 21.4 Å². The van der Waals surface area contributed by atoms with Crippen LogP contribution in [0.3, 0.4) is 0 Å². The lowest BCUT2D eigenvalue weighted by atomic mass is 10.1. The molecule has 1 aliphatic rings. The highest BCUT2D eigenvalue weighted by atomic mass is 32.2. The van der Waals surface area contributed by atoms with E-state index in [4.69, 9.17) is 13.8 Å². The van der Waals surface area contributed by atoms with E-state index in [1.807, 2.05) is 42.2 Å². The summed E-state index contributed by atoms with van der Waals surface area (Å²) in [6.45, 7) is 4.64. The molecular weight excluding hydrogens is 615 g/mol. The number of aryl methyl sites for hydroxylation is 1. The van der Waals surface area contributed by atoms with Crippen molar-refractivity contribution in [3.05, 3.63) is 65.5 Å². The first-order valence-electron chi connectivity index (χ1n) is 13.8. The van der Waals surface area contributed by atoms with Crippen molar-refractivity contribution in [3.63, 3.8) is 0 Å². The molecule has 2 heterocycles. The van der Waals surface area contributed by atoms with Gasteiger partial charge in [-0.05, 0) is 42.3 Å². The first-order chi connectivity index (χ1) is 20.5. The summed E-state index contributed by atoms with van der Waals surface area (Å²) >= 11 is 1.56. The zero-order valence-electron chi connectivity index (χ0n) is 24.0. The van der Waals surface area contributed by atoms with Gasteiger partial charge in [-0.1, -0.05) is 42.5 Å². The molecule has 4 aromatic rings. The predicted octanol–water partition coefficient (Wildman–Crippen LogP) is 4.13. The Morgan fingerprint density at radius 2 is 1.79 bits per heavy atom. The van der Waals surface area contributed by atoms with Crippen LogP contribution in [0.4, 0.5) is 5.69 Å². The molecule has 0 saturated heterocycles. The van der Waals surface area contributed by atoms with Gasteiger partial charge in [0.25, 0.3) is 15.1 Å². The largest absolute Gasteiger partial charge is 0.748 e. The van der Waals surface area contributed by atoms with Gasteiger partial charge in [0.15, 0.2) is 12.3 Å². The maximum absolute atomic E-state index is 12.4. The molecule has 1 aromatic heterocycles. The zero-order chi connectivity index (χ0) is 30.8. The highest BCUT2D eigenvalue weighted by Gasteiger charge is 2.33. The van der Waals surface area contributed by atoms with Crippen molar-refractivity contribution in [1.29, 1.82) is 0 Å². The number of hydrogen-bond donors (Lipinski definition) is 1. The molecule has 0 amide bonds. The van der Waals surface area contributed by atoms with Gasteiger partial charge in [0.05, 0.1) is 34.2 Å². The van der Waals surface area contributed by atoms with Gasteiger partial charge in [0, 0.05) is 37.4 Å². The minimum atomic E-state index is -4.39. The predicted molar refractivity (Wildman–Crippen MR) is 165 cm³/mol. The highest BCUT2D eigenvalue weighted by molar-refractivity contribution is 7.86. The van der Waals surface area contributed by atoms with Crippen LogP contribution in [0.1, 0.15) is 31.7 Å². The summed E-state index contributed by atoms with van der Waals surface area (Å²) in [4.78, 5) is 1.86. The molecule has 1 aliphatic heterocycles. The summed E-state index contributed by atoms with van der Waals surface area (Å²) in [6, 6.07) is 17.6. The quantitative estimate of drug-likeness (QED) is 0.128. The Morgan fingerprint density at radius 3 is 2.49 bits per heavy atom. The van der Waals surface area contributed by atoms with Crippen LogP contribution in [0.5, 0.6) is 11.5 Å². The summed E-state index contributed by atoms with van der Waals surface area (Å²) in [7, 11) is -6.59. The molecule has 5 rings (SSSR count). The Morgan fingerprint density at radius 1 is 1.05 bits per heavy atom. The van der Waals surface area contributed by atoms with Gasteiger partial charge < -0.3 is 18.9 Å². The van der Waals surface area contributed by atoms with Crippen LogP contribution in [-0.2, 0) is 31.1 Å². The van der Waals surface area contributed by atoms with Crippen LogP contribution in [0.25, 0.3) is 26.6 Å². The standard InChI is InChI=1S/C29H33N3O8S3/c1-4-30-40-43(36,37)16-8-14-32-25-17-21-9-5-6-10-22(21)18-27(25)41-29(32)20(2)28-31(13-7-15-42(33,34)35)24-19-23(38-3)11-12-26(24)39-28/h5-6,9-12,17-19,30H,4,7-8,13-16H2,1-3H3. The number of hydroxylamine groups is 1. The van der Waals surface area contributed by atoms with Crippen LogP contribution in [0, 0.1) is 0 Å². The van der Waals surface area contributed by atoms with Crippen molar-refractivity contribution in [1.82, 2.24) is 5.48 Å². The molecule has 230 valence electrons. The van der Waals surface area contributed by atoms with E-state index in [2.05, 4.69) is 22.2 Å². The number of aromatic nitrogens is 1. The Hall–Kier alpha value is -3.27. The second-order valence-corrected chi connectivity index (χ2v) is 14.3. The third kappa shape index (κ3) is 7.11. The van der Waals surface area contributed by atoms with Crippen molar-refractivity contribution in [2.24, 2.45) is 0 Å². The Balaban J connectivity index is 1.59. The maximum Gasteiger partial charge on any atom is 0.283 e. The van der Waals surface area contributed by atoms with Gasteiger partial charge in [-0.3, -0.25) is 0 Å². The smallest absolute Gasteiger partial charge is 0.283 e. The number of nitrogens with zero attached hydrogens (tertiary/aromatic N) is 2. The number of thiazole rings is 1. The highest BCUT2D eigenvalue weighted by Crippen LogP contribution is 2.44. The Kier molecular flexibility index (Phi) is 9.25. The molecule has 0 unspecified atom stereocenters. The maximum atomic E-state index is 12.4. The van der Waals surface area contributed by atoms with Crippen molar-refractivity contribution in [2.75, 3.05) is 36.6 Å². The number of hydrogen-bond acceptors (Lipinski definition) is 11. The van der Waals surface area contributed by atoms with E-state index >= 15 is 0 Å². The zero-order valence-corrected chi connectivity index (χ0v) is 26.5. The molecular formula is C29H33N3O8S3. The molecule has 11 nitrogen and oxygen atoms in total. The minimum absolute atomic E-state index is 0.101. The Labute approximate surface area is 255 Å². The number of methoxy groups -OCH3 is 1. The summed E-state index contributed by atoms with van der Waals surface area (Å²) in [6.07, 6.45) is 0.403. The molecule has 14 heteroatoms. The van der Waals surface area contributed by atoms with Crippen LogP contribution in [0.15, 0.2) is 60.5 Å². The first kappa shape index (κ1) is 31.2. The number of benzene rings is 3. The third-order valence-corrected chi connectivity index (χ3v) is 10.2. The fraction of sp³-hybridized carbons (Fsp3) is 0.345. The summed E-state index contributed by atoms with van der Waals surface area (Å²) in [5, 5.41) is 2.99. The van der Waals surface area contributed by atoms with Crippen molar-refractivity contribution < 1.29 is 39.7 Å². The van der Waals surface area contributed by atoms with Gasteiger partial charge in [0.1, 0.15) is 10.4 Å². The SMILES string of the molecule is CCNOS(=O)(=O)CCC[n+]1c(C(C)=C2Oc3ccc(OC)cc3N2CCCS(=O)(=O)[O-])sc2cc3ccccc3cc21. The van der Waals surface area contributed by atoms with Crippen LogP contribution < -0.4 is 24.4 Å². The number of rotatable bonds is 13. The lowest BCUT2D eigenvalue weighted by Crippen LogP contribution is -2.38. The summed E-state index contributed by atoms with van der Waals surface area (Å²) < 4.78 is 78.5. The second-order valence-electron chi connectivity index (χ2n) is 10.1. The van der Waals surface area contributed by atoms with Gasteiger partial charge in [-0.15, -0.1) is 0 Å². The Bertz CT molecular complexity index is 1900. The molecule has 43 heavy (non-hydrogen) atoms. The molecule has 0 atom stereocenters. The lowest BCUT2D eigenvalue weighted by molar-refractivity contribution is -0.669. The first-order valence-corrected chi connectivity index (χ1v) is 17.7. The molecule has 1 N–H and O–H groups in total. The fourth-order valence-corrected chi connectivity index (χ4v) is 7.60. The molecule has 0 bridgehead atoms. The number of anilines is 1. The van der Waals surface area contributed by atoms with E-state index in [1.165, 1.54) is 0 Å². The van der Waals surface area contributed by atoms with E-state index in [-0.39, 0.29) is 18.7 Å². The molecule has 0 radical (unpaired) electrons. The molecule has 0 aliphatic carbocycles. The molecule has 0 spiro atoms. The monoisotopic (exact) mass is 647 g/mol. The van der Waals surface area contributed by atoms with Crippen molar-refractivity contribution in [2.45, 2.75) is 33.2 Å².